The number of rotatable bonds is 5. The van der Waals surface area contributed by atoms with Crippen LogP contribution in [-0.2, 0) is 14.8 Å². The van der Waals surface area contributed by atoms with Crippen molar-refractivity contribution in [3.8, 4) is 0 Å². The first kappa shape index (κ1) is 24.2. The zero-order valence-electron chi connectivity index (χ0n) is 20.1. The predicted octanol–water partition coefficient (Wildman–Crippen LogP) is 3.90. The zero-order chi connectivity index (χ0) is 25.1. The molecule has 1 saturated carbocycles. The topological polar surface area (TPSA) is 99.7 Å². The monoisotopic (exact) mass is 506 g/mol. The van der Waals surface area contributed by atoms with Crippen molar-refractivity contribution in [2.24, 2.45) is 5.92 Å². The van der Waals surface area contributed by atoms with Gasteiger partial charge in [0.1, 0.15) is 4.90 Å². The third-order valence-corrected chi connectivity index (χ3v) is 8.52. The minimum absolute atomic E-state index is 0.0985. The lowest BCUT2D eigenvalue weighted by Crippen LogP contribution is -2.52. The number of anilines is 1. The number of pyridine rings is 1. The Morgan fingerprint density at radius 2 is 1.50 bits per heavy atom. The molecule has 2 aromatic carbocycles. The molecule has 1 aliphatic carbocycles. The van der Waals surface area contributed by atoms with Gasteiger partial charge in [0.15, 0.2) is 0 Å². The van der Waals surface area contributed by atoms with Gasteiger partial charge in [0.05, 0.1) is 5.52 Å². The number of sulfonamides is 1. The van der Waals surface area contributed by atoms with Crippen LogP contribution >= 0.6 is 0 Å². The number of carbonyl (C=O) groups excluding carboxylic acids is 2. The van der Waals surface area contributed by atoms with E-state index in [1.54, 1.807) is 47.5 Å². The molecule has 1 saturated heterocycles. The van der Waals surface area contributed by atoms with Crippen molar-refractivity contribution in [3.63, 3.8) is 0 Å². The molecule has 9 heteroatoms. The molecule has 3 aromatic rings. The van der Waals surface area contributed by atoms with E-state index in [0.717, 1.165) is 31.1 Å². The van der Waals surface area contributed by atoms with E-state index in [0.29, 0.717) is 42.9 Å². The van der Waals surface area contributed by atoms with Crippen LogP contribution in [0.5, 0.6) is 0 Å². The smallest absolute Gasteiger partial charge is 0.264 e. The number of nitrogens with zero attached hydrogens (tertiary/aromatic N) is 3. The summed E-state index contributed by atoms with van der Waals surface area (Å²) in [4.78, 5) is 33.8. The third-order valence-electron chi connectivity index (χ3n) is 7.10. The summed E-state index contributed by atoms with van der Waals surface area (Å²) in [5.41, 5.74) is 1.25. The summed E-state index contributed by atoms with van der Waals surface area (Å²) in [5.74, 6) is 0.259. The second-order valence-corrected chi connectivity index (χ2v) is 11.1. The SMILES string of the molecule is O=C(c1ccc(NS(=O)(=O)c2cccc3cccnc23)cc1)N1CCN(C(=O)C2CCCCC2)CC1. The fourth-order valence-electron chi connectivity index (χ4n) is 5.10. The second-order valence-electron chi connectivity index (χ2n) is 9.47. The minimum atomic E-state index is -3.86. The van der Waals surface area contributed by atoms with E-state index in [9.17, 15) is 18.0 Å². The Morgan fingerprint density at radius 1 is 0.833 bits per heavy atom. The molecule has 0 unspecified atom stereocenters. The van der Waals surface area contributed by atoms with E-state index >= 15 is 0 Å². The average molecular weight is 507 g/mol. The van der Waals surface area contributed by atoms with Crippen LogP contribution in [0.15, 0.2) is 65.7 Å². The van der Waals surface area contributed by atoms with Crippen LogP contribution in [0, 0.1) is 5.92 Å². The lowest BCUT2D eigenvalue weighted by atomic mass is 9.88. The Bertz CT molecular complexity index is 1350. The number of fused-ring (bicyclic) bond motifs is 1. The summed E-state index contributed by atoms with van der Waals surface area (Å²) in [5, 5.41) is 0.738. The second kappa shape index (κ2) is 10.3. The molecule has 0 atom stereocenters. The van der Waals surface area contributed by atoms with Gasteiger partial charge in [-0.15, -0.1) is 0 Å². The lowest BCUT2D eigenvalue weighted by molar-refractivity contribution is -0.138. The summed E-state index contributed by atoms with van der Waals surface area (Å²) >= 11 is 0. The molecule has 1 N–H and O–H groups in total. The first-order valence-electron chi connectivity index (χ1n) is 12.5. The van der Waals surface area contributed by atoms with Crippen molar-refractivity contribution in [2.75, 3.05) is 30.9 Å². The van der Waals surface area contributed by atoms with Gasteiger partial charge in [-0.25, -0.2) is 8.42 Å². The van der Waals surface area contributed by atoms with Gasteiger partial charge in [-0.3, -0.25) is 19.3 Å². The molecule has 5 rings (SSSR count). The Labute approximate surface area is 211 Å². The van der Waals surface area contributed by atoms with Gasteiger partial charge in [0.2, 0.25) is 5.91 Å². The molecule has 188 valence electrons. The fraction of sp³-hybridized carbons (Fsp3) is 0.370. The van der Waals surface area contributed by atoms with Crippen LogP contribution in [-0.4, -0.2) is 61.2 Å². The molecular weight excluding hydrogens is 476 g/mol. The van der Waals surface area contributed by atoms with Crippen molar-refractivity contribution >= 4 is 38.4 Å². The number of hydrogen-bond donors (Lipinski definition) is 1. The minimum Gasteiger partial charge on any atom is -0.339 e. The Morgan fingerprint density at radius 3 is 2.22 bits per heavy atom. The highest BCUT2D eigenvalue weighted by Crippen LogP contribution is 2.26. The van der Waals surface area contributed by atoms with Gasteiger partial charge in [-0.2, -0.15) is 0 Å². The Kier molecular flexibility index (Phi) is 6.91. The van der Waals surface area contributed by atoms with E-state index in [1.165, 1.54) is 12.5 Å². The highest BCUT2D eigenvalue weighted by atomic mass is 32.2. The lowest BCUT2D eigenvalue weighted by Gasteiger charge is -2.37. The van der Waals surface area contributed by atoms with Crippen LogP contribution in [0.3, 0.4) is 0 Å². The van der Waals surface area contributed by atoms with Crippen LogP contribution < -0.4 is 4.72 Å². The number of carbonyl (C=O) groups is 2. The van der Waals surface area contributed by atoms with E-state index in [-0.39, 0.29) is 22.6 Å². The summed E-state index contributed by atoms with van der Waals surface area (Å²) in [6.45, 7) is 2.11. The molecule has 2 aliphatic rings. The normalized spacial score (nSPS) is 17.2. The molecule has 0 radical (unpaired) electrons. The predicted molar refractivity (Wildman–Crippen MR) is 138 cm³/mol. The van der Waals surface area contributed by atoms with E-state index in [1.807, 2.05) is 17.0 Å². The van der Waals surface area contributed by atoms with Gasteiger partial charge in [-0.05, 0) is 49.2 Å². The Hall–Kier alpha value is -3.46. The maximum Gasteiger partial charge on any atom is 0.264 e. The van der Waals surface area contributed by atoms with Gasteiger partial charge >= 0.3 is 0 Å². The molecule has 1 aromatic heterocycles. The highest BCUT2D eigenvalue weighted by Gasteiger charge is 2.30. The summed E-state index contributed by atoms with van der Waals surface area (Å²) in [7, 11) is -3.86. The molecule has 2 heterocycles. The molecule has 0 spiro atoms. The van der Waals surface area contributed by atoms with Crippen molar-refractivity contribution < 1.29 is 18.0 Å². The number of aromatic nitrogens is 1. The molecule has 2 amide bonds. The quantitative estimate of drug-likeness (QED) is 0.566. The largest absolute Gasteiger partial charge is 0.339 e. The van der Waals surface area contributed by atoms with Crippen molar-refractivity contribution in [1.82, 2.24) is 14.8 Å². The molecule has 8 nitrogen and oxygen atoms in total. The summed E-state index contributed by atoms with van der Waals surface area (Å²) in [6, 6.07) is 15.0. The van der Waals surface area contributed by atoms with E-state index in [2.05, 4.69) is 9.71 Å². The molecule has 36 heavy (non-hydrogen) atoms. The van der Waals surface area contributed by atoms with Crippen LogP contribution in [0.1, 0.15) is 42.5 Å². The Balaban J connectivity index is 1.21. The first-order valence-corrected chi connectivity index (χ1v) is 14.0. The van der Waals surface area contributed by atoms with Gasteiger partial charge in [-0.1, -0.05) is 37.5 Å². The molecular formula is C27H30N4O4S. The van der Waals surface area contributed by atoms with Crippen molar-refractivity contribution in [1.29, 1.82) is 0 Å². The maximum absolute atomic E-state index is 13.0. The number of benzene rings is 2. The third kappa shape index (κ3) is 5.06. The highest BCUT2D eigenvalue weighted by molar-refractivity contribution is 7.93. The average Bonchev–Trinajstić information content (AvgIpc) is 2.93. The molecule has 0 bridgehead atoms. The number of amides is 2. The van der Waals surface area contributed by atoms with Crippen LogP contribution in [0.2, 0.25) is 0 Å². The molecule has 1 aliphatic heterocycles. The van der Waals surface area contributed by atoms with Crippen LogP contribution in [0.4, 0.5) is 5.69 Å². The van der Waals surface area contributed by atoms with Crippen LogP contribution in [0.25, 0.3) is 10.9 Å². The molecule has 2 fully saturated rings. The van der Waals surface area contributed by atoms with Gasteiger partial charge < -0.3 is 9.80 Å². The van der Waals surface area contributed by atoms with Gasteiger partial charge in [0, 0.05) is 54.9 Å². The summed E-state index contributed by atoms with van der Waals surface area (Å²) in [6.07, 6.45) is 6.98. The van der Waals surface area contributed by atoms with E-state index in [4.69, 9.17) is 0 Å². The van der Waals surface area contributed by atoms with E-state index < -0.39 is 10.0 Å². The number of nitrogens with one attached hydrogen (secondary N) is 1. The fourth-order valence-corrected chi connectivity index (χ4v) is 6.34. The standard InChI is InChI=1S/C27H30N4O4S/c32-26(21-6-2-1-3-7-21)30-16-18-31(19-17-30)27(33)22-11-13-23(14-12-22)29-36(34,35)24-10-4-8-20-9-5-15-28-25(20)24/h4-5,8-15,21,29H,1-3,6-7,16-19H2. The summed E-state index contributed by atoms with van der Waals surface area (Å²) < 4.78 is 28.6. The maximum atomic E-state index is 13.0. The zero-order valence-corrected chi connectivity index (χ0v) is 20.9. The number of piperazine rings is 1. The van der Waals surface area contributed by atoms with Crippen molar-refractivity contribution in [3.05, 3.63) is 66.4 Å². The number of hydrogen-bond acceptors (Lipinski definition) is 5. The van der Waals surface area contributed by atoms with Crippen molar-refractivity contribution in [2.45, 2.75) is 37.0 Å². The number of para-hydroxylation sites is 1. The first-order chi connectivity index (χ1) is 17.4. The van der Waals surface area contributed by atoms with Gasteiger partial charge in [0.25, 0.3) is 15.9 Å².